The number of rotatable bonds is 6. The topological polar surface area (TPSA) is 26.3 Å². The largest absolute Gasteiger partial charge is 0.466 e. The van der Waals surface area contributed by atoms with Crippen molar-refractivity contribution in [1.29, 1.82) is 0 Å². The van der Waals surface area contributed by atoms with Crippen LogP contribution in [0.15, 0.2) is 36.5 Å². The molecule has 0 N–H and O–H groups in total. The molecule has 0 heterocycles. The molecule has 0 saturated heterocycles. The summed E-state index contributed by atoms with van der Waals surface area (Å²) in [6, 6.07) is 0.915. The van der Waals surface area contributed by atoms with Gasteiger partial charge in [0.25, 0.3) is 0 Å². The van der Waals surface area contributed by atoms with Gasteiger partial charge >= 0.3 is 5.97 Å². The molecule has 3 heteroatoms. The first-order valence-electron chi connectivity index (χ1n) is 5.39. The third kappa shape index (κ3) is 7.23. The quantitative estimate of drug-likeness (QED) is 0.306. The standard InChI is InChI=1S/C13H22O2Si/c1-7-12(4)9-16(5,6)10-15-13(14)8-11(2)3/h7-8H,1,4,9-10H2,2-3,5-6H3. The van der Waals surface area contributed by atoms with Crippen molar-refractivity contribution in [2.75, 3.05) is 6.23 Å². The normalized spacial score (nSPS) is 10.5. The Labute approximate surface area is 99.7 Å². The van der Waals surface area contributed by atoms with Crippen LogP contribution in [-0.4, -0.2) is 20.3 Å². The molecule has 2 nitrogen and oxygen atoms in total. The zero-order valence-corrected chi connectivity index (χ0v) is 11.8. The van der Waals surface area contributed by atoms with Crippen LogP contribution in [0.2, 0.25) is 19.1 Å². The number of hydrogen-bond donors (Lipinski definition) is 0. The molecule has 0 spiro atoms. The van der Waals surface area contributed by atoms with Crippen molar-refractivity contribution in [3.05, 3.63) is 36.5 Å². The van der Waals surface area contributed by atoms with Crippen LogP contribution in [0.25, 0.3) is 0 Å². The summed E-state index contributed by atoms with van der Waals surface area (Å²) in [5.41, 5.74) is 1.98. The van der Waals surface area contributed by atoms with E-state index in [0.29, 0.717) is 6.23 Å². The van der Waals surface area contributed by atoms with E-state index in [9.17, 15) is 4.79 Å². The highest BCUT2D eigenvalue weighted by atomic mass is 28.3. The first-order valence-corrected chi connectivity index (χ1v) is 8.80. The molecule has 0 saturated carbocycles. The van der Waals surface area contributed by atoms with Gasteiger partial charge in [0, 0.05) is 6.08 Å². The highest BCUT2D eigenvalue weighted by Gasteiger charge is 2.23. The summed E-state index contributed by atoms with van der Waals surface area (Å²) in [4.78, 5) is 11.3. The predicted octanol–water partition coefficient (Wildman–Crippen LogP) is 3.49. The van der Waals surface area contributed by atoms with Crippen molar-refractivity contribution in [2.24, 2.45) is 0 Å². The molecular weight excluding hydrogens is 216 g/mol. The molecule has 0 aromatic rings. The predicted molar refractivity (Wildman–Crippen MR) is 72.0 cm³/mol. The Bertz CT molecular complexity index is 310. The average Bonchev–Trinajstić information content (AvgIpc) is 2.13. The Morgan fingerprint density at radius 1 is 1.38 bits per heavy atom. The second kappa shape index (κ2) is 6.48. The summed E-state index contributed by atoms with van der Waals surface area (Å²) >= 11 is 0. The Hall–Kier alpha value is -1.09. The van der Waals surface area contributed by atoms with E-state index >= 15 is 0 Å². The van der Waals surface area contributed by atoms with Crippen LogP contribution in [0.4, 0.5) is 0 Å². The molecular formula is C13H22O2Si. The van der Waals surface area contributed by atoms with E-state index in [1.54, 1.807) is 6.08 Å². The first kappa shape index (κ1) is 14.9. The molecule has 0 aromatic heterocycles. The number of ether oxygens (including phenoxy) is 1. The zero-order valence-electron chi connectivity index (χ0n) is 10.8. The Balaban J connectivity index is 4.18. The maximum Gasteiger partial charge on any atom is 0.330 e. The van der Waals surface area contributed by atoms with Crippen LogP contribution >= 0.6 is 0 Å². The molecule has 0 unspecified atom stereocenters. The van der Waals surface area contributed by atoms with Crippen LogP contribution in [0.3, 0.4) is 0 Å². The SMILES string of the molecule is C=CC(=C)C[Si](C)(C)COC(=O)C=C(C)C. The number of esters is 1. The summed E-state index contributed by atoms with van der Waals surface area (Å²) in [6.45, 7) is 15.7. The van der Waals surface area contributed by atoms with E-state index in [1.807, 2.05) is 13.8 Å². The molecule has 16 heavy (non-hydrogen) atoms. The van der Waals surface area contributed by atoms with E-state index in [-0.39, 0.29) is 5.97 Å². The summed E-state index contributed by atoms with van der Waals surface area (Å²) < 4.78 is 5.23. The minimum absolute atomic E-state index is 0.246. The van der Waals surface area contributed by atoms with Gasteiger partial charge in [-0.15, -0.1) is 0 Å². The number of carbonyl (C=O) groups is 1. The van der Waals surface area contributed by atoms with Crippen LogP contribution < -0.4 is 0 Å². The number of allylic oxidation sites excluding steroid dienone is 3. The molecule has 0 aliphatic carbocycles. The smallest absolute Gasteiger partial charge is 0.330 e. The van der Waals surface area contributed by atoms with E-state index in [4.69, 9.17) is 4.74 Å². The fourth-order valence-corrected chi connectivity index (χ4v) is 3.29. The van der Waals surface area contributed by atoms with Crippen LogP contribution in [-0.2, 0) is 9.53 Å². The van der Waals surface area contributed by atoms with Gasteiger partial charge in [-0.25, -0.2) is 4.79 Å². The fraction of sp³-hybridized carbons (Fsp3) is 0.462. The van der Waals surface area contributed by atoms with Crippen molar-refractivity contribution in [3.63, 3.8) is 0 Å². The second-order valence-corrected chi connectivity index (χ2v) is 10.0. The molecule has 0 fully saturated rings. The van der Waals surface area contributed by atoms with Crippen molar-refractivity contribution in [1.82, 2.24) is 0 Å². The minimum Gasteiger partial charge on any atom is -0.466 e. The molecule has 0 aromatic carbocycles. The van der Waals surface area contributed by atoms with Crippen molar-refractivity contribution in [3.8, 4) is 0 Å². The average molecular weight is 238 g/mol. The Kier molecular flexibility index (Phi) is 6.04. The third-order valence-corrected chi connectivity index (χ3v) is 4.34. The molecule has 0 aliphatic rings. The summed E-state index contributed by atoms with van der Waals surface area (Å²) in [5.74, 6) is -0.246. The van der Waals surface area contributed by atoms with Gasteiger partial charge in [-0.05, 0) is 19.9 Å². The van der Waals surface area contributed by atoms with E-state index < -0.39 is 8.07 Å². The Morgan fingerprint density at radius 3 is 2.38 bits per heavy atom. The lowest BCUT2D eigenvalue weighted by Gasteiger charge is -2.21. The van der Waals surface area contributed by atoms with E-state index in [1.165, 1.54) is 6.08 Å². The maximum atomic E-state index is 11.3. The van der Waals surface area contributed by atoms with Crippen LogP contribution in [0.1, 0.15) is 13.8 Å². The van der Waals surface area contributed by atoms with Gasteiger partial charge in [0.1, 0.15) is 0 Å². The lowest BCUT2D eigenvalue weighted by atomic mass is 10.3. The second-order valence-electron chi connectivity index (χ2n) is 5.03. The summed E-state index contributed by atoms with van der Waals surface area (Å²) in [6.07, 6.45) is 3.82. The van der Waals surface area contributed by atoms with Gasteiger partial charge in [0.05, 0.1) is 14.3 Å². The first-order chi connectivity index (χ1) is 7.26. The summed E-state index contributed by atoms with van der Waals surface area (Å²) in [7, 11) is -1.54. The Morgan fingerprint density at radius 2 is 1.94 bits per heavy atom. The van der Waals surface area contributed by atoms with Gasteiger partial charge in [-0.3, -0.25) is 0 Å². The van der Waals surface area contributed by atoms with Gasteiger partial charge in [-0.1, -0.05) is 43.5 Å². The maximum absolute atomic E-state index is 11.3. The van der Waals surface area contributed by atoms with Crippen LogP contribution in [0, 0.1) is 0 Å². The highest BCUT2D eigenvalue weighted by Crippen LogP contribution is 2.16. The molecule has 0 bridgehead atoms. The lowest BCUT2D eigenvalue weighted by Crippen LogP contribution is -2.33. The third-order valence-electron chi connectivity index (χ3n) is 2.01. The molecule has 0 atom stereocenters. The highest BCUT2D eigenvalue weighted by molar-refractivity contribution is 6.78. The molecule has 0 rings (SSSR count). The van der Waals surface area contributed by atoms with Gasteiger partial charge in [0.2, 0.25) is 0 Å². The molecule has 0 radical (unpaired) electrons. The van der Waals surface area contributed by atoms with Crippen molar-refractivity contribution in [2.45, 2.75) is 33.0 Å². The van der Waals surface area contributed by atoms with Gasteiger partial charge in [0.15, 0.2) is 0 Å². The lowest BCUT2D eigenvalue weighted by molar-refractivity contribution is -0.136. The fourth-order valence-electron chi connectivity index (χ4n) is 1.28. The van der Waals surface area contributed by atoms with Crippen molar-refractivity contribution >= 4 is 14.0 Å². The molecule has 90 valence electrons. The number of carbonyl (C=O) groups excluding carboxylic acids is 1. The van der Waals surface area contributed by atoms with E-state index in [0.717, 1.165) is 17.2 Å². The molecule has 0 amide bonds. The number of hydrogen-bond acceptors (Lipinski definition) is 2. The van der Waals surface area contributed by atoms with Gasteiger partial charge < -0.3 is 4.74 Å². The molecule has 0 aliphatic heterocycles. The van der Waals surface area contributed by atoms with E-state index in [2.05, 4.69) is 26.3 Å². The minimum atomic E-state index is -1.54. The van der Waals surface area contributed by atoms with Crippen LogP contribution in [0.5, 0.6) is 0 Å². The van der Waals surface area contributed by atoms with Gasteiger partial charge in [-0.2, -0.15) is 0 Å². The monoisotopic (exact) mass is 238 g/mol. The zero-order chi connectivity index (χ0) is 12.8. The van der Waals surface area contributed by atoms with Crippen molar-refractivity contribution < 1.29 is 9.53 Å². The summed E-state index contributed by atoms with van der Waals surface area (Å²) in [5, 5.41) is 0.